The zero-order valence-electron chi connectivity index (χ0n) is 16.7. The first-order chi connectivity index (χ1) is 14.1. The summed E-state index contributed by atoms with van der Waals surface area (Å²) in [5.41, 5.74) is 1.73. The van der Waals surface area contributed by atoms with Gasteiger partial charge in [-0.05, 0) is 32.0 Å². The number of anilines is 1. The van der Waals surface area contributed by atoms with Gasteiger partial charge in [-0.3, -0.25) is 4.79 Å². The highest BCUT2D eigenvalue weighted by atomic mass is 16.5. The number of rotatable bonds is 8. The normalized spacial score (nSPS) is 10.6. The Bertz CT molecular complexity index is 1030. The second-order valence-corrected chi connectivity index (χ2v) is 6.25. The van der Waals surface area contributed by atoms with Crippen molar-refractivity contribution in [1.29, 1.82) is 0 Å². The average Bonchev–Trinajstić information content (AvgIpc) is 3.08. The number of fused-ring (bicyclic) bond motifs is 1. The molecule has 152 valence electrons. The summed E-state index contributed by atoms with van der Waals surface area (Å²) in [6.45, 7) is 4.80. The van der Waals surface area contributed by atoms with Crippen LogP contribution in [0.1, 0.15) is 24.2 Å². The Morgan fingerprint density at radius 1 is 1.03 bits per heavy atom. The summed E-state index contributed by atoms with van der Waals surface area (Å²) < 4.78 is 17.7. The maximum Gasteiger partial charge on any atom is 0.340 e. The Morgan fingerprint density at radius 2 is 1.79 bits per heavy atom. The van der Waals surface area contributed by atoms with Crippen molar-refractivity contribution >= 4 is 28.5 Å². The number of methoxy groups -OCH3 is 1. The summed E-state index contributed by atoms with van der Waals surface area (Å²) in [5, 5.41) is 3.62. The SMILES string of the molecule is CCOc1ccc(OCC)c(NC(=O)Cn2cc(C(=O)OC)c3ccccc32)c1. The molecule has 0 fully saturated rings. The zero-order chi connectivity index (χ0) is 20.8. The Balaban J connectivity index is 1.86. The van der Waals surface area contributed by atoms with Gasteiger partial charge in [-0.1, -0.05) is 18.2 Å². The molecule has 1 heterocycles. The lowest BCUT2D eigenvalue weighted by molar-refractivity contribution is -0.116. The number of ether oxygens (including phenoxy) is 3. The highest BCUT2D eigenvalue weighted by molar-refractivity contribution is 6.05. The van der Waals surface area contributed by atoms with Gasteiger partial charge in [0.2, 0.25) is 5.91 Å². The molecule has 0 atom stereocenters. The number of carbonyl (C=O) groups is 2. The van der Waals surface area contributed by atoms with Gasteiger partial charge in [0.05, 0.1) is 31.6 Å². The molecule has 0 spiro atoms. The summed E-state index contributed by atoms with van der Waals surface area (Å²) >= 11 is 0. The largest absolute Gasteiger partial charge is 0.494 e. The second kappa shape index (κ2) is 9.14. The molecule has 1 N–H and O–H groups in total. The van der Waals surface area contributed by atoms with Crippen molar-refractivity contribution in [3.8, 4) is 11.5 Å². The van der Waals surface area contributed by atoms with Crippen LogP contribution in [0.3, 0.4) is 0 Å². The maximum atomic E-state index is 12.8. The number of benzene rings is 2. The van der Waals surface area contributed by atoms with Crippen LogP contribution in [0, 0.1) is 0 Å². The van der Waals surface area contributed by atoms with Crippen molar-refractivity contribution in [2.45, 2.75) is 20.4 Å². The van der Waals surface area contributed by atoms with Crippen molar-refractivity contribution in [3.05, 3.63) is 54.2 Å². The number of hydrogen-bond acceptors (Lipinski definition) is 5. The number of hydrogen-bond donors (Lipinski definition) is 1. The van der Waals surface area contributed by atoms with E-state index in [0.717, 1.165) is 10.9 Å². The molecule has 7 heteroatoms. The standard InChI is InChI=1S/C22H24N2O5/c1-4-28-15-10-11-20(29-5-2)18(12-15)23-21(25)14-24-13-17(22(26)27-3)16-8-6-7-9-19(16)24/h6-13H,4-5,14H2,1-3H3,(H,23,25). The van der Waals surface area contributed by atoms with E-state index in [1.165, 1.54) is 7.11 Å². The van der Waals surface area contributed by atoms with Crippen LogP contribution in [0.2, 0.25) is 0 Å². The minimum absolute atomic E-state index is 0.0297. The van der Waals surface area contributed by atoms with Gasteiger partial charge in [-0.15, -0.1) is 0 Å². The van der Waals surface area contributed by atoms with Crippen LogP contribution >= 0.6 is 0 Å². The lowest BCUT2D eigenvalue weighted by Gasteiger charge is -2.14. The molecular weight excluding hydrogens is 372 g/mol. The summed E-state index contributed by atoms with van der Waals surface area (Å²) in [6, 6.07) is 12.7. The van der Waals surface area contributed by atoms with Gasteiger partial charge in [0.1, 0.15) is 18.0 Å². The molecule has 1 aromatic heterocycles. The summed E-state index contributed by atoms with van der Waals surface area (Å²) in [5.74, 6) is 0.516. The number of para-hydroxylation sites is 1. The van der Waals surface area contributed by atoms with Crippen LogP contribution in [0.15, 0.2) is 48.7 Å². The summed E-state index contributed by atoms with van der Waals surface area (Å²) in [4.78, 5) is 24.8. The molecule has 7 nitrogen and oxygen atoms in total. The molecule has 1 amide bonds. The molecule has 3 aromatic rings. The fraction of sp³-hybridized carbons (Fsp3) is 0.273. The molecule has 0 saturated carbocycles. The first-order valence-electron chi connectivity index (χ1n) is 9.43. The molecule has 3 rings (SSSR count). The fourth-order valence-corrected chi connectivity index (χ4v) is 3.14. The highest BCUT2D eigenvalue weighted by Gasteiger charge is 2.17. The van der Waals surface area contributed by atoms with E-state index < -0.39 is 5.97 Å². The molecular formula is C22H24N2O5. The van der Waals surface area contributed by atoms with E-state index in [0.29, 0.717) is 36.0 Å². The minimum atomic E-state index is -0.441. The van der Waals surface area contributed by atoms with E-state index in [-0.39, 0.29) is 12.5 Å². The lowest BCUT2D eigenvalue weighted by Crippen LogP contribution is -2.19. The monoisotopic (exact) mass is 396 g/mol. The van der Waals surface area contributed by atoms with Gasteiger partial charge < -0.3 is 24.1 Å². The van der Waals surface area contributed by atoms with Crippen LogP contribution in [0.4, 0.5) is 5.69 Å². The van der Waals surface area contributed by atoms with E-state index in [9.17, 15) is 9.59 Å². The molecule has 0 aliphatic heterocycles. The van der Waals surface area contributed by atoms with Crippen LogP contribution in [-0.2, 0) is 16.1 Å². The predicted octanol–water partition coefficient (Wildman–Crippen LogP) is 3.86. The van der Waals surface area contributed by atoms with Gasteiger partial charge in [0, 0.05) is 23.2 Å². The third-order valence-corrected chi connectivity index (χ3v) is 4.34. The molecule has 29 heavy (non-hydrogen) atoms. The highest BCUT2D eigenvalue weighted by Crippen LogP contribution is 2.30. The van der Waals surface area contributed by atoms with E-state index in [2.05, 4.69) is 5.32 Å². The molecule has 0 aliphatic carbocycles. The smallest absolute Gasteiger partial charge is 0.340 e. The first kappa shape index (κ1) is 20.3. The molecule has 0 bridgehead atoms. The number of carbonyl (C=O) groups excluding carboxylic acids is 2. The number of esters is 1. The summed E-state index contributed by atoms with van der Waals surface area (Å²) in [7, 11) is 1.34. The van der Waals surface area contributed by atoms with Crippen molar-refractivity contribution in [3.63, 3.8) is 0 Å². The van der Waals surface area contributed by atoms with Crippen LogP contribution in [0.5, 0.6) is 11.5 Å². The Morgan fingerprint density at radius 3 is 2.52 bits per heavy atom. The van der Waals surface area contributed by atoms with Gasteiger partial charge in [-0.25, -0.2) is 4.79 Å². The third kappa shape index (κ3) is 4.51. The van der Waals surface area contributed by atoms with E-state index >= 15 is 0 Å². The maximum absolute atomic E-state index is 12.8. The molecule has 0 radical (unpaired) electrons. The number of aromatic nitrogens is 1. The van der Waals surface area contributed by atoms with Gasteiger partial charge in [-0.2, -0.15) is 0 Å². The fourth-order valence-electron chi connectivity index (χ4n) is 3.14. The predicted molar refractivity (Wildman–Crippen MR) is 111 cm³/mol. The van der Waals surface area contributed by atoms with Gasteiger partial charge >= 0.3 is 5.97 Å². The van der Waals surface area contributed by atoms with Crippen LogP contribution in [0.25, 0.3) is 10.9 Å². The van der Waals surface area contributed by atoms with Gasteiger partial charge in [0.15, 0.2) is 0 Å². The number of amides is 1. The molecule has 0 unspecified atom stereocenters. The zero-order valence-corrected chi connectivity index (χ0v) is 16.7. The Kier molecular flexibility index (Phi) is 6.39. The second-order valence-electron chi connectivity index (χ2n) is 6.25. The third-order valence-electron chi connectivity index (χ3n) is 4.34. The number of nitrogens with one attached hydrogen (secondary N) is 1. The summed E-state index contributed by atoms with van der Waals surface area (Å²) in [6.07, 6.45) is 1.64. The van der Waals surface area contributed by atoms with Crippen molar-refractivity contribution in [1.82, 2.24) is 4.57 Å². The van der Waals surface area contributed by atoms with Crippen molar-refractivity contribution in [2.24, 2.45) is 0 Å². The molecule has 0 aliphatic rings. The Hall–Kier alpha value is -3.48. The quantitative estimate of drug-likeness (QED) is 0.585. The lowest BCUT2D eigenvalue weighted by atomic mass is 10.2. The topological polar surface area (TPSA) is 78.8 Å². The van der Waals surface area contributed by atoms with Crippen LogP contribution < -0.4 is 14.8 Å². The van der Waals surface area contributed by atoms with Crippen LogP contribution in [-0.4, -0.2) is 36.8 Å². The molecule has 0 saturated heterocycles. The molecule has 2 aromatic carbocycles. The van der Waals surface area contributed by atoms with Gasteiger partial charge in [0.25, 0.3) is 0 Å². The first-order valence-corrected chi connectivity index (χ1v) is 9.43. The average molecular weight is 396 g/mol. The Labute approximate surface area is 169 Å². The van der Waals surface area contributed by atoms with E-state index in [4.69, 9.17) is 14.2 Å². The van der Waals surface area contributed by atoms with Crippen molar-refractivity contribution in [2.75, 3.05) is 25.6 Å². The van der Waals surface area contributed by atoms with Crippen molar-refractivity contribution < 1.29 is 23.8 Å². The number of nitrogens with zero attached hydrogens (tertiary/aromatic N) is 1. The van der Waals surface area contributed by atoms with E-state index in [1.54, 1.807) is 29.0 Å². The van der Waals surface area contributed by atoms with E-state index in [1.807, 2.05) is 38.1 Å². The minimum Gasteiger partial charge on any atom is -0.494 e.